The third-order valence-corrected chi connectivity index (χ3v) is 5.00. The summed E-state index contributed by atoms with van der Waals surface area (Å²) in [5.74, 6) is -0.218. The number of carbonyl (C=O) groups is 1. The number of halogens is 1. The molecular formula is C20H19ClN4O3. The van der Waals surface area contributed by atoms with E-state index < -0.39 is 4.92 Å². The minimum atomic E-state index is -0.448. The number of nitro benzene ring substituents is 1. The molecule has 0 unspecified atom stereocenters. The lowest BCUT2D eigenvalue weighted by atomic mass is 10.1. The molecule has 0 radical (unpaired) electrons. The van der Waals surface area contributed by atoms with Gasteiger partial charge in [0.15, 0.2) is 0 Å². The number of non-ortho nitro benzene ring substituents is 1. The van der Waals surface area contributed by atoms with Gasteiger partial charge < -0.3 is 4.90 Å². The van der Waals surface area contributed by atoms with Gasteiger partial charge in [-0.25, -0.2) is 0 Å². The lowest BCUT2D eigenvalue weighted by Gasteiger charge is -2.24. The van der Waals surface area contributed by atoms with Crippen LogP contribution in [-0.4, -0.2) is 32.6 Å². The van der Waals surface area contributed by atoms with Crippen LogP contribution in [0.5, 0.6) is 0 Å². The van der Waals surface area contributed by atoms with Gasteiger partial charge in [-0.2, -0.15) is 5.10 Å². The lowest BCUT2D eigenvalue weighted by Crippen LogP contribution is -2.29. The Balaban J connectivity index is 1.75. The van der Waals surface area contributed by atoms with Gasteiger partial charge in [-0.05, 0) is 24.1 Å². The molecule has 8 heteroatoms. The highest BCUT2D eigenvalue weighted by Crippen LogP contribution is 2.24. The number of hydrogen-bond acceptors (Lipinski definition) is 4. The van der Waals surface area contributed by atoms with Crippen LogP contribution in [0.15, 0.2) is 60.9 Å². The van der Waals surface area contributed by atoms with Crippen LogP contribution < -0.4 is 0 Å². The van der Waals surface area contributed by atoms with Crippen LogP contribution in [0.25, 0.3) is 0 Å². The van der Waals surface area contributed by atoms with E-state index in [0.29, 0.717) is 22.7 Å². The molecule has 0 saturated heterocycles. The molecule has 0 saturated carbocycles. The minimum absolute atomic E-state index is 0.00208. The molecule has 1 amide bonds. The summed E-state index contributed by atoms with van der Waals surface area (Å²) in [7, 11) is 1.66. The molecule has 2 aromatic carbocycles. The van der Waals surface area contributed by atoms with Crippen LogP contribution in [0.4, 0.5) is 5.69 Å². The Morgan fingerprint density at radius 2 is 2.04 bits per heavy atom. The van der Waals surface area contributed by atoms with Gasteiger partial charge in [0.2, 0.25) is 0 Å². The minimum Gasteiger partial charge on any atom is -0.335 e. The number of benzene rings is 2. The molecule has 144 valence electrons. The van der Waals surface area contributed by atoms with E-state index in [9.17, 15) is 14.9 Å². The Kier molecular flexibility index (Phi) is 5.75. The predicted molar refractivity (Wildman–Crippen MR) is 106 cm³/mol. The molecule has 1 atom stereocenters. The molecule has 0 N–H and O–H groups in total. The molecule has 0 fully saturated rings. The van der Waals surface area contributed by atoms with Crippen molar-refractivity contribution in [2.75, 3.05) is 7.05 Å². The van der Waals surface area contributed by atoms with Crippen LogP contribution in [0.1, 0.15) is 34.5 Å². The second-order valence-electron chi connectivity index (χ2n) is 6.46. The van der Waals surface area contributed by atoms with Crippen molar-refractivity contribution in [3.63, 3.8) is 0 Å². The Labute approximate surface area is 167 Å². The number of rotatable bonds is 6. The zero-order valence-electron chi connectivity index (χ0n) is 15.4. The maximum Gasteiger partial charge on any atom is 0.269 e. The Morgan fingerprint density at radius 1 is 1.29 bits per heavy atom. The van der Waals surface area contributed by atoms with Crippen molar-refractivity contribution in [3.05, 3.63) is 92.8 Å². The Hall–Kier alpha value is -3.19. The first kappa shape index (κ1) is 19.6. The first-order chi connectivity index (χ1) is 13.4. The fraction of sp³-hybridized carbons (Fsp3) is 0.200. The van der Waals surface area contributed by atoms with E-state index in [0.717, 1.165) is 5.56 Å². The summed E-state index contributed by atoms with van der Waals surface area (Å²) in [4.78, 5) is 24.9. The topological polar surface area (TPSA) is 81.3 Å². The molecule has 3 aromatic rings. The molecule has 0 bridgehead atoms. The maximum absolute atomic E-state index is 12.8. The van der Waals surface area contributed by atoms with E-state index in [-0.39, 0.29) is 17.6 Å². The number of aromatic nitrogens is 2. The standard InChI is InChI=1S/C20H19ClN4O3/c1-14(15-7-5-8-18(10-15)25(27)28)23(2)20(26)17-11-22-24(13-17)12-16-6-3-4-9-19(16)21/h3-11,13-14H,12H2,1-2H3/t14-/m1/s1. The highest BCUT2D eigenvalue weighted by atomic mass is 35.5. The molecule has 1 aromatic heterocycles. The molecule has 7 nitrogen and oxygen atoms in total. The van der Waals surface area contributed by atoms with Gasteiger partial charge in [-0.1, -0.05) is 41.9 Å². The van der Waals surface area contributed by atoms with E-state index in [1.54, 1.807) is 36.1 Å². The van der Waals surface area contributed by atoms with Crippen LogP contribution in [0.3, 0.4) is 0 Å². The smallest absolute Gasteiger partial charge is 0.269 e. The molecule has 0 aliphatic heterocycles. The molecule has 0 spiro atoms. The van der Waals surface area contributed by atoms with Crippen molar-refractivity contribution in [3.8, 4) is 0 Å². The summed E-state index contributed by atoms with van der Waals surface area (Å²) < 4.78 is 1.65. The van der Waals surface area contributed by atoms with Gasteiger partial charge in [0.1, 0.15) is 0 Å². The monoisotopic (exact) mass is 398 g/mol. The summed E-state index contributed by atoms with van der Waals surface area (Å²) >= 11 is 6.17. The second kappa shape index (κ2) is 8.22. The van der Waals surface area contributed by atoms with Gasteiger partial charge in [-0.15, -0.1) is 0 Å². The quantitative estimate of drug-likeness (QED) is 0.457. The first-order valence-corrected chi connectivity index (χ1v) is 9.02. The predicted octanol–water partition coefficient (Wildman–Crippen LogP) is 4.33. The van der Waals surface area contributed by atoms with E-state index in [1.165, 1.54) is 23.2 Å². The SMILES string of the molecule is C[C@H](c1cccc([N+](=O)[O-])c1)N(C)C(=O)c1cnn(Cc2ccccc2Cl)c1. The summed E-state index contributed by atoms with van der Waals surface area (Å²) in [5, 5.41) is 15.9. The number of nitro groups is 1. The fourth-order valence-corrected chi connectivity index (χ4v) is 3.06. The molecule has 0 aliphatic rings. The summed E-state index contributed by atoms with van der Waals surface area (Å²) in [6.45, 7) is 2.28. The van der Waals surface area contributed by atoms with Crippen LogP contribution in [0, 0.1) is 10.1 Å². The van der Waals surface area contributed by atoms with E-state index in [1.807, 2.05) is 25.1 Å². The van der Waals surface area contributed by atoms with E-state index in [4.69, 9.17) is 11.6 Å². The first-order valence-electron chi connectivity index (χ1n) is 8.64. The highest BCUT2D eigenvalue weighted by Gasteiger charge is 2.21. The zero-order chi connectivity index (χ0) is 20.3. The molecule has 1 heterocycles. The van der Waals surface area contributed by atoms with Crippen LogP contribution in [0.2, 0.25) is 5.02 Å². The number of hydrogen-bond donors (Lipinski definition) is 0. The van der Waals surface area contributed by atoms with Crippen molar-refractivity contribution in [2.45, 2.75) is 19.5 Å². The van der Waals surface area contributed by atoms with Crippen molar-refractivity contribution < 1.29 is 9.72 Å². The molecule has 28 heavy (non-hydrogen) atoms. The zero-order valence-corrected chi connectivity index (χ0v) is 16.2. The van der Waals surface area contributed by atoms with Crippen molar-refractivity contribution in [1.82, 2.24) is 14.7 Å². The number of carbonyl (C=O) groups excluding carboxylic acids is 1. The average molecular weight is 399 g/mol. The van der Waals surface area contributed by atoms with Crippen LogP contribution in [-0.2, 0) is 6.54 Å². The number of amides is 1. The van der Waals surface area contributed by atoms with Gasteiger partial charge in [0.05, 0.1) is 29.3 Å². The number of nitrogens with zero attached hydrogens (tertiary/aromatic N) is 4. The summed E-state index contributed by atoms with van der Waals surface area (Å²) in [5.41, 5.74) is 2.03. The third kappa shape index (κ3) is 4.20. The summed E-state index contributed by atoms with van der Waals surface area (Å²) in [6, 6.07) is 13.4. The van der Waals surface area contributed by atoms with E-state index in [2.05, 4.69) is 5.10 Å². The average Bonchev–Trinajstić information content (AvgIpc) is 3.16. The van der Waals surface area contributed by atoms with E-state index >= 15 is 0 Å². The maximum atomic E-state index is 12.8. The second-order valence-corrected chi connectivity index (χ2v) is 6.87. The lowest BCUT2D eigenvalue weighted by molar-refractivity contribution is -0.384. The van der Waals surface area contributed by atoms with Crippen molar-refractivity contribution >= 4 is 23.2 Å². The van der Waals surface area contributed by atoms with Gasteiger partial charge >= 0.3 is 0 Å². The summed E-state index contributed by atoms with van der Waals surface area (Å²) in [6.07, 6.45) is 3.18. The van der Waals surface area contributed by atoms with Gasteiger partial charge in [0, 0.05) is 30.4 Å². The largest absolute Gasteiger partial charge is 0.335 e. The van der Waals surface area contributed by atoms with Gasteiger partial charge in [-0.3, -0.25) is 19.6 Å². The van der Waals surface area contributed by atoms with Crippen LogP contribution >= 0.6 is 11.6 Å². The van der Waals surface area contributed by atoms with Gasteiger partial charge in [0.25, 0.3) is 11.6 Å². The molecule has 3 rings (SSSR count). The van der Waals surface area contributed by atoms with Crippen molar-refractivity contribution in [1.29, 1.82) is 0 Å². The highest BCUT2D eigenvalue weighted by molar-refractivity contribution is 6.31. The Bertz CT molecular complexity index is 1020. The third-order valence-electron chi connectivity index (χ3n) is 4.64. The molecular weight excluding hydrogens is 380 g/mol. The fourth-order valence-electron chi connectivity index (χ4n) is 2.86. The Morgan fingerprint density at radius 3 is 2.75 bits per heavy atom. The molecule has 0 aliphatic carbocycles. The van der Waals surface area contributed by atoms with Crippen molar-refractivity contribution in [2.24, 2.45) is 0 Å². The normalized spacial score (nSPS) is 11.8.